The molecule has 0 heterocycles. The Morgan fingerprint density at radius 1 is 0.556 bits per heavy atom. The molecule has 0 atom stereocenters. The first-order valence-corrected chi connectivity index (χ1v) is 8.03. The maximum atomic E-state index is 8.66. The maximum Gasteiger partial charge on any atom is 0.0431 e. The van der Waals surface area contributed by atoms with Gasteiger partial charge in [0.25, 0.3) is 0 Å². The molecule has 0 radical (unpaired) electrons. The predicted octanol–water partition coefficient (Wildman–Crippen LogP) is 4.22. The molecule has 0 amide bonds. The van der Waals surface area contributed by atoms with Crippen molar-refractivity contribution in [3.05, 3.63) is 0 Å². The Balaban J connectivity index is 2.90. The summed E-state index contributed by atoms with van der Waals surface area (Å²) in [6, 6.07) is 0. The summed E-state index contributed by atoms with van der Waals surface area (Å²) in [7, 11) is 4.31. The molecule has 0 aromatic rings. The largest absolute Gasteiger partial charge is 0.396 e. The van der Waals surface area contributed by atoms with Crippen LogP contribution >= 0.6 is 0 Å². The summed E-state index contributed by atoms with van der Waals surface area (Å²) in [4.78, 5) is 2.27. The zero-order valence-electron chi connectivity index (χ0n) is 12.8. The Morgan fingerprint density at radius 3 is 1.22 bits per heavy atom. The summed E-state index contributed by atoms with van der Waals surface area (Å²) in [5.41, 5.74) is 0. The Morgan fingerprint density at radius 2 is 0.889 bits per heavy atom. The third-order valence-corrected chi connectivity index (χ3v) is 3.51. The van der Waals surface area contributed by atoms with E-state index in [1.54, 1.807) is 0 Å². The van der Waals surface area contributed by atoms with Gasteiger partial charge >= 0.3 is 0 Å². The molecule has 0 bridgehead atoms. The van der Waals surface area contributed by atoms with Gasteiger partial charge in [0.15, 0.2) is 0 Å². The summed E-state index contributed by atoms with van der Waals surface area (Å²) in [6.07, 6.45) is 16.2. The maximum absolute atomic E-state index is 8.66. The van der Waals surface area contributed by atoms with Crippen LogP contribution in [-0.4, -0.2) is 37.3 Å². The topological polar surface area (TPSA) is 23.5 Å². The molecule has 0 aliphatic rings. The molecule has 0 unspecified atom stereocenters. The van der Waals surface area contributed by atoms with Gasteiger partial charge in [-0.15, -0.1) is 0 Å². The predicted molar refractivity (Wildman–Crippen MR) is 81.0 cm³/mol. The number of unbranched alkanes of at least 4 members (excludes halogenated alkanes) is 11. The minimum Gasteiger partial charge on any atom is -0.396 e. The minimum atomic E-state index is 0.369. The molecule has 0 fully saturated rings. The fraction of sp³-hybridized carbons (Fsp3) is 1.00. The molecule has 0 aliphatic carbocycles. The Hall–Kier alpha value is -0.0800. The van der Waals surface area contributed by atoms with Crippen molar-refractivity contribution in [3.63, 3.8) is 0 Å². The fourth-order valence-electron chi connectivity index (χ4n) is 2.31. The average Bonchev–Trinajstić information content (AvgIpc) is 2.34. The zero-order valence-corrected chi connectivity index (χ0v) is 12.8. The number of aliphatic hydroxyl groups excluding tert-OH is 1. The van der Waals surface area contributed by atoms with Crippen molar-refractivity contribution in [3.8, 4) is 0 Å². The molecule has 2 nitrogen and oxygen atoms in total. The number of hydrogen-bond acceptors (Lipinski definition) is 2. The lowest BCUT2D eigenvalue weighted by molar-refractivity contribution is 0.282. The molecular formula is C16H35NO. The molecule has 2 heteroatoms. The second-order valence-electron chi connectivity index (χ2n) is 5.77. The van der Waals surface area contributed by atoms with E-state index in [4.69, 9.17) is 5.11 Å². The van der Waals surface area contributed by atoms with Crippen LogP contribution in [0.2, 0.25) is 0 Å². The highest BCUT2D eigenvalue weighted by molar-refractivity contribution is 4.50. The van der Waals surface area contributed by atoms with Crippen molar-refractivity contribution < 1.29 is 5.11 Å². The first-order valence-electron chi connectivity index (χ1n) is 8.03. The summed E-state index contributed by atoms with van der Waals surface area (Å²) < 4.78 is 0. The highest BCUT2D eigenvalue weighted by atomic mass is 16.2. The molecule has 0 rings (SSSR count). The van der Waals surface area contributed by atoms with Crippen molar-refractivity contribution in [2.45, 2.75) is 77.0 Å². The first-order chi connectivity index (χ1) is 8.77. The lowest BCUT2D eigenvalue weighted by Crippen LogP contribution is -2.12. The van der Waals surface area contributed by atoms with Gasteiger partial charge in [-0.1, -0.05) is 64.2 Å². The number of rotatable bonds is 14. The van der Waals surface area contributed by atoms with Gasteiger partial charge in [0.2, 0.25) is 0 Å². The molecule has 0 aromatic heterocycles. The lowest BCUT2D eigenvalue weighted by atomic mass is 10.1. The second-order valence-corrected chi connectivity index (χ2v) is 5.77. The van der Waals surface area contributed by atoms with Crippen molar-refractivity contribution in [2.75, 3.05) is 27.2 Å². The summed E-state index contributed by atoms with van der Waals surface area (Å²) >= 11 is 0. The van der Waals surface area contributed by atoms with Crippen LogP contribution in [0.5, 0.6) is 0 Å². The normalized spacial score (nSPS) is 11.3. The number of hydrogen-bond donors (Lipinski definition) is 1. The van der Waals surface area contributed by atoms with Crippen LogP contribution in [0, 0.1) is 0 Å². The van der Waals surface area contributed by atoms with Crippen molar-refractivity contribution >= 4 is 0 Å². The van der Waals surface area contributed by atoms with Crippen LogP contribution in [0.25, 0.3) is 0 Å². The Bertz CT molecular complexity index is 148. The quantitative estimate of drug-likeness (QED) is 0.471. The van der Waals surface area contributed by atoms with Gasteiger partial charge in [0.1, 0.15) is 0 Å². The molecule has 1 N–H and O–H groups in total. The Labute approximate surface area is 115 Å². The molecule has 110 valence electrons. The molecule has 0 aromatic carbocycles. The number of aliphatic hydroxyl groups is 1. The zero-order chi connectivity index (χ0) is 13.5. The summed E-state index contributed by atoms with van der Waals surface area (Å²) in [5, 5.41) is 8.66. The average molecular weight is 257 g/mol. The molecule has 0 spiro atoms. The van der Waals surface area contributed by atoms with Crippen LogP contribution in [0.3, 0.4) is 0 Å². The minimum absolute atomic E-state index is 0.369. The van der Waals surface area contributed by atoms with Crippen molar-refractivity contribution in [2.24, 2.45) is 0 Å². The highest BCUT2D eigenvalue weighted by Gasteiger charge is 1.94. The van der Waals surface area contributed by atoms with Crippen LogP contribution in [0.15, 0.2) is 0 Å². The molecular weight excluding hydrogens is 222 g/mol. The van der Waals surface area contributed by atoms with E-state index >= 15 is 0 Å². The van der Waals surface area contributed by atoms with E-state index in [9.17, 15) is 0 Å². The molecule has 18 heavy (non-hydrogen) atoms. The van der Waals surface area contributed by atoms with Gasteiger partial charge in [0, 0.05) is 6.61 Å². The van der Waals surface area contributed by atoms with Gasteiger partial charge in [-0.2, -0.15) is 0 Å². The summed E-state index contributed by atoms with van der Waals surface area (Å²) in [6.45, 7) is 1.61. The third kappa shape index (κ3) is 15.9. The molecule has 0 aliphatic heterocycles. The van der Waals surface area contributed by atoms with Crippen LogP contribution < -0.4 is 0 Å². The first kappa shape index (κ1) is 17.9. The SMILES string of the molecule is CN(C)CCCCCCCCCCCCCCO. The third-order valence-electron chi connectivity index (χ3n) is 3.51. The van der Waals surface area contributed by atoms with Crippen LogP contribution in [0.4, 0.5) is 0 Å². The van der Waals surface area contributed by atoms with Gasteiger partial charge in [0.05, 0.1) is 0 Å². The highest BCUT2D eigenvalue weighted by Crippen LogP contribution is 2.11. The van der Waals surface area contributed by atoms with E-state index in [-0.39, 0.29) is 0 Å². The van der Waals surface area contributed by atoms with Gasteiger partial charge in [-0.05, 0) is 33.5 Å². The van der Waals surface area contributed by atoms with E-state index in [1.807, 2.05) is 0 Å². The fourth-order valence-corrected chi connectivity index (χ4v) is 2.31. The van der Waals surface area contributed by atoms with E-state index in [1.165, 1.54) is 77.2 Å². The van der Waals surface area contributed by atoms with E-state index in [2.05, 4.69) is 19.0 Å². The molecule has 0 saturated heterocycles. The molecule has 0 saturated carbocycles. The lowest BCUT2D eigenvalue weighted by Gasteiger charge is -2.08. The van der Waals surface area contributed by atoms with Crippen LogP contribution in [-0.2, 0) is 0 Å². The number of nitrogens with zero attached hydrogens (tertiary/aromatic N) is 1. The van der Waals surface area contributed by atoms with E-state index in [0.717, 1.165) is 6.42 Å². The van der Waals surface area contributed by atoms with Gasteiger partial charge in [-0.3, -0.25) is 0 Å². The van der Waals surface area contributed by atoms with Crippen molar-refractivity contribution in [1.29, 1.82) is 0 Å². The van der Waals surface area contributed by atoms with Gasteiger partial charge in [-0.25, -0.2) is 0 Å². The smallest absolute Gasteiger partial charge is 0.0431 e. The standard InChI is InChI=1S/C16H35NO/c1-17(2)15-13-11-9-7-5-3-4-6-8-10-12-14-16-18/h18H,3-16H2,1-2H3. The van der Waals surface area contributed by atoms with Crippen LogP contribution in [0.1, 0.15) is 77.0 Å². The van der Waals surface area contributed by atoms with Crippen molar-refractivity contribution in [1.82, 2.24) is 4.90 Å². The van der Waals surface area contributed by atoms with Gasteiger partial charge < -0.3 is 10.0 Å². The van der Waals surface area contributed by atoms with E-state index < -0.39 is 0 Å². The van der Waals surface area contributed by atoms with E-state index in [0.29, 0.717) is 6.61 Å². The second kappa shape index (κ2) is 15.0. The monoisotopic (exact) mass is 257 g/mol. The summed E-state index contributed by atoms with van der Waals surface area (Å²) in [5.74, 6) is 0. The Kier molecular flexibility index (Phi) is 14.9.